The van der Waals surface area contributed by atoms with E-state index in [-0.39, 0.29) is 0 Å². The lowest BCUT2D eigenvalue weighted by molar-refractivity contribution is 0.172. The summed E-state index contributed by atoms with van der Waals surface area (Å²) in [6.45, 7) is 0.695. The number of nitrogens with zero attached hydrogens (tertiary/aromatic N) is 3. The van der Waals surface area contributed by atoms with Gasteiger partial charge in [-0.2, -0.15) is 5.26 Å². The molecule has 122 valence electrons. The van der Waals surface area contributed by atoms with Crippen LogP contribution < -0.4 is 0 Å². The zero-order valence-corrected chi connectivity index (χ0v) is 16.4. The van der Waals surface area contributed by atoms with Gasteiger partial charge in [-0.1, -0.05) is 29.3 Å². The van der Waals surface area contributed by atoms with Crippen LogP contribution in [-0.4, -0.2) is 35.0 Å². The van der Waals surface area contributed by atoms with E-state index in [0.717, 1.165) is 2.88 Å². The lowest BCUT2D eigenvalue weighted by Crippen LogP contribution is -2.33. The van der Waals surface area contributed by atoms with Crippen molar-refractivity contribution in [2.75, 3.05) is 13.1 Å². The third-order valence-electron chi connectivity index (χ3n) is 3.45. The fraction of sp³-hybridized carbons (Fsp3) is 0.133. The Bertz CT molecular complexity index is 920. The van der Waals surface area contributed by atoms with Crippen molar-refractivity contribution in [2.45, 2.75) is 0 Å². The molecule has 1 aliphatic heterocycles. The fourth-order valence-corrected chi connectivity index (χ4v) is 5.00. The van der Waals surface area contributed by atoms with Gasteiger partial charge in [0.1, 0.15) is 6.07 Å². The maximum absolute atomic E-state index is 11.4. The Labute approximate surface area is 165 Å². The fourth-order valence-electron chi connectivity index (χ4n) is 2.44. The summed E-state index contributed by atoms with van der Waals surface area (Å²) in [5.41, 5.74) is 1.69. The number of hydrogen-bond donors (Lipinski definition) is 1. The van der Waals surface area contributed by atoms with Crippen molar-refractivity contribution in [3.8, 4) is 17.2 Å². The second-order valence-electron chi connectivity index (χ2n) is 4.83. The van der Waals surface area contributed by atoms with Gasteiger partial charge in [0.25, 0.3) is 0 Å². The first-order valence-electron chi connectivity index (χ1n) is 6.67. The van der Waals surface area contributed by atoms with Crippen LogP contribution in [-0.2, 0) is 0 Å². The number of amidine groups is 1. The molecular formula is C15H8Cl2IN3O2S. The number of hydrogen-bond acceptors (Lipinski definition) is 4. The van der Waals surface area contributed by atoms with Crippen molar-refractivity contribution in [1.82, 2.24) is 4.90 Å². The molecule has 0 saturated heterocycles. The van der Waals surface area contributed by atoms with Crippen LogP contribution in [0.2, 0.25) is 10.0 Å². The molecule has 1 aromatic carbocycles. The lowest BCUT2D eigenvalue weighted by Gasteiger charge is -2.15. The van der Waals surface area contributed by atoms with Gasteiger partial charge in [-0.05, 0) is 34.7 Å². The summed E-state index contributed by atoms with van der Waals surface area (Å²) in [7, 11) is 0. The van der Waals surface area contributed by atoms with Gasteiger partial charge in [0.05, 0.1) is 26.4 Å². The van der Waals surface area contributed by atoms with Crippen molar-refractivity contribution in [2.24, 2.45) is 4.99 Å². The van der Waals surface area contributed by atoms with Crippen molar-refractivity contribution < 1.29 is 9.90 Å². The van der Waals surface area contributed by atoms with Gasteiger partial charge < -0.3 is 5.11 Å². The lowest BCUT2D eigenvalue weighted by atomic mass is 10.0. The van der Waals surface area contributed by atoms with E-state index in [0.29, 0.717) is 50.5 Å². The first-order chi connectivity index (χ1) is 11.4. The molecule has 0 fully saturated rings. The Morgan fingerprint density at radius 3 is 2.83 bits per heavy atom. The van der Waals surface area contributed by atoms with E-state index in [9.17, 15) is 15.2 Å². The van der Waals surface area contributed by atoms with E-state index >= 15 is 0 Å². The van der Waals surface area contributed by atoms with E-state index in [1.54, 1.807) is 18.2 Å². The van der Waals surface area contributed by atoms with Crippen LogP contribution in [0.15, 0.2) is 23.2 Å². The molecule has 5 nitrogen and oxygen atoms in total. The number of halogens is 3. The average molecular weight is 492 g/mol. The zero-order valence-electron chi connectivity index (χ0n) is 11.9. The normalized spacial score (nSPS) is 13.8. The molecule has 0 radical (unpaired) electrons. The topological polar surface area (TPSA) is 76.7 Å². The predicted molar refractivity (Wildman–Crippen MR) is 103 cm³/mol. The van der Waals surface area contributed by atoms with E-state index < -0.39 is 6.09 Å². The standard InChI is InChI=1S/C15H8Cl2IN3O2S/c16-7-1-2-8(10(17)5-7)11-9(6-19)13(18)24-12(11)14-20-3-4-21(14)15(22)23/h1-2,5H,3-4H2,(H,22,23). The molecule has 1 aliphatic rings. The summed E-state index contributed by atoms with van der Waals surface area (Å²) in [6.07, 6.45) is -1.07. The van der Waals surface area contributed by atoms with E-state index in [1.807, 2.05) is 0 Å². The molecule has 2 aromatic rings. The zero-order chi connectivity index (χ0) is 17.4. The van der Waals surface area contributed by atoms with Gasteiger partial charge in [-0.15, -0.1) is 11.3 Å². The molecule has 0 aliphatic carbocycles. The average Bonchev–Trinajstić information content (AvgIpc) is 3.11. The third kappa shape index (κ3) is 2.99. The van der Waals surface area contributed by atoms with E-state index in [2.05, 4.69) is 33.7 Å². The Kier molecular flexibility index (Phi) is 5.01. The summed E-state index contributed by atoms with van der Waals surface area (Å²) in [5, 5.41) is 19.8. The Hall–Kier alpha value is -1.34. The van der Waals surface area contributed by atoms with Crippen LogP contribution in [0.4, 0.5) is 4.79 Å². The van der Waals surface area contributed by atoms with Gasteiger partial charge in [-0.3, -0.25) is 9.89 Å². The number of rotatable bonds is 2. The number of nitriles is 1. The minimum Gasteiger partial charge on any atom is -0.465 e. The number of benzene rings is 1. The molecule has 1 aromatic heterocycles. The monoisotopic (exact) mass is 491 g/mol. The van der Waals surface area contributed by atoms with E-state index in [4.69, 9.17) is 23.2 Å². The molecule has 0 spiro atoms. The molecule has 0 atom stereocenters. The van der Waals surface area contributed by atoms with Crippen molar-refractivity contribution >= 4 is 69.1 Å². The van der Waals surface area contributed by atoms with Crippen LogP contribution in [0.5, 0.6) is 0 Å². The molecular weight excluding hydrogens is 484 g/mol. The number of carboxylic acid groups (broad SMARTS) is 1. The number of aliphatic imine (C=N–C) groups is 1. The van der Waals surface area contributed by atoms with Crippen LogP contribution in [0.3, 0.4) is 0 Å². The highest BCUT2D eigenvalue weighted by Crippen LogP contribution is 2.42. The maximum Gasteiger partial charge on any atom is 0.413 e. The molecule has 0 unspecified atom stereocenters. The Morgan fingerprint density at radius 2 is 2.21 bits per heavy atom. The van der Waals surface area contributed by atoms with Crippen LogP contribution >= 0.6 is 57.1 Å². The largest absolute Gasteiger partial charge is 0.465 e. The first kappa shape index (κ1) is 17.5. The van der Waals surface area contributed by atoms with Crippen LogP contribution in [0, 0.1) is 14.2 Å². The number of amides is 1. The van der Waals surface area contributed by atoms with Gasteiger partial charge >= 0.3 is 6.09 Å². The summed E-state index contributed by atoms with van der Waals surface area (Å²) in [4.78, 5) is 17.6. The minimum absolute atomic E-state index is 0.300. The SMILES string of the molecule is N#Cc1c(I)sc(C2=NCCN2C(=O)O)c1-c1ccc(Cl)cc1Cl. The highest BCUT2D eigenvalue weighted by atomic mass is 127. The van der Waals surface area contributed by atoms with Gasteiger partial charge in [0.2, 0.25) is 0 Å². The molecule has 1 N–H and O–H groups in total. The molecule has 0 bridgehead atoms. The Balaban J connectivity index is 2.26. The highest BCUT2D eigenvalue weighted by molar-refractivity contribution is 14.1. The third-order valence-corrected chi connectivity index (χ3v) is 6.17. The minimum atomic E-state index is -1.07. The molecule has 1 amide bonds. The second kappa shape index (κ2) is 6.88. The first-order valence-corrected chi connectivity index (χ1v) is 9.32. The summed E-state index contributed by atoms with van der Waals surface area (Å²) < 4.78 is 0.756. The summed E-state index contributed by atoms with van der Waals surface area (Å²) in [6, 6.07) is 7.19. The van der Waals surface area contributed by atoms with Crippen molar-refractivity contribution in [1.29, 1.82) is 5.26 Å². The van der Waals surface area contributed by atoms with Crippen molar-refractivity contribution in [3.05, 3.63) is 41.6 Å². The van der Waals surface area contributed by atoms with Crippen LogP contribution in [0.25, 0.3) is 11.1 Å². The maximum atomic E-state index is 11.4. The van der Waals surface area contributed by atoms with Gasteiger partial charge in [-0.25, -0.2) is 4.79 Å². The second-order valence-corrected chi connectivity index (χ2v) is 8.51. The number of thiophene rings is 1. The predicted octanol–water partition coefficient (Wildman–Crippen LogP) is 4.94. The quantitative estimate of drug-likeness (QED) is 0.604. The summed E-state index contributed by atoms with van der Waals surface area (Å²) >= 11 is 15.7. The Morgan fingerprint density at radius 1 is 1.46 bits per heavy atom. The molecule has 24 heavy (non-hydrogen) atoms. The smallest absolute Gasteiger partial charge is 0.413 e. The molecule has 2 heterocycles. The molecule has 3 rings (SSSR count). The van der Waals surface area contributed by atoms with E-state index in [1.165, 1.54) is 16.2 Å². The van der Waals surface area contributed by atoms with Gasteiger partial charge in [0.15, 0.2) is 5.84 Å². The highest BCUT2D eigenvalue weighted by Gasteiger charge is 2.31. The summed E-state index contributed by atoms with van der Waals surface area (Å²) in [5.74, 6) is 0.355. The van der Waals surface area contributed by atoms with Gasteiger partial charge in [0, 0.05) is 21.2 Å². The van der Waals surface area contributed by atoms with Crippen LogP contribution in [0.1, 0.15) is 10.4 Å². The van der Waals surface area contributed by atoms with Crippen molar-refractivity contribution in [3.63, 3.8) is 0 Å². The molecule has 9 heteroatoms. The molecule has 0 saturated carbocycles. The number of carbonyl (C=O) groups is 1.